The maximum atomic E-state index is 12.2. The Morgan fingerprint density at radius 3 is 2.12 bits per heavy atom. The van der Waals surface area contributed by atoms with E-state index in [4.69, 9.17) is 0 Å². The third kappa shape index (κ3) is 2.59. The summed E-state index contributed by atoms with van der Waals surface area (Å²) in [5.41, 5.74) is 4.46. The van der Waals surface area contributed by atoms with Crippen LogP contribution in [-0.4, -0.2) is 10.8 Å². The van der Waals surface area contributed by atoms with Crippen LogP contribution in [-0.2, 0) is 0 Å². The second kappa shape index (κ2) is 4.50. The zero-order valence-electron chi connectivity index (χ0n) is 10.3. The van der Waals surface area contributed by atoms with E-state index in [1.807, 2.05) is 39.0 Å². The number of ketones is 1. The minimum Gasteiger partial charge on any atom is -0.287 e. The van der Waals surface area contributed by atoms with E-state index in [-0.39, 0.29) is 5.78 Å². The Balaban J connectivity index is 2.40. The van der Waals surface area contributed by atoms with Crippen LogP contribution < -0.4 is 0 Å². The number of aromatic nitrogens is 1. The van der Waals surface area contributed by atoms with Crippen LogP contribution in [0.15, 0.2) is 36.5 Å². The maximum absolute atomic E-state index is 12.2. The fourth-order valence-corrected chi connectivity index (χ4v) is 1.86. The number of pyridine rings is 1. The molecule has 0 saturated carbocycles. The summed E-state index contributed by atoms with van der Waals surface area (Å²) in [7, 11) is 0. The molecule has 0 amide bonds. The van der Waals surface area contributed by atoms with Crippen LogP contribution in [0.4, 0.5) is 0 Å². The molecule has 1 aromatic heterocycles. The summed E-state index contributed by atoms with van der Waals surface area (Å²) in [5.74, 6) is -0.0169. The number of hydrogen-bond acceptors (Lipinski definition) is 2. The first kappa shape index (κ1) is 11.5. The summed E-state index contributed by atoms with van der Waals surface area (Å²) in [6.45, 7) is 5.94. The van der Waals surface area contributed by atoms with E-state index in [2.05, 4.69) is 11.1 Å². The fourth-order valence-electron chi connectivity index (χ4n) is 1.86. The van der Waals surface area contributed by atoms with Crippen molar-refractivity contribution in [3.05, 3.63) is 64.5 Å². The number of carbonyl (C=O) groups excluding carboxylic acids is 1. The Bertz CT molecular complexity index is 535. The van der Waals surface area contributed by atoms with Gasteiger partial charge in [-0.25, -0.2) is 0 Å². The first-order valence-electron chi connectivity index (χ1n) is 5.62. The molecule has 0 unspecified atom stereocenters. The summed E-state index contributed by atoms with van der Waals surface area (Å²) in [6, 6.07) is 9.53. The maximum Gasteiger partial charge on any atom is 0.211 e. The molecule has 0 aliphatic heterocycles. The third-order valence-corrected chi connectivity index (χ3v) is 2.63. The molecule has 2 rings (SSSR count). The van der Waals surface area contributed by atoms with Crippen LogP contribution in [0.5, 0.6) is 0 Å². The molecule has 0 aliphatic carbocycles. The van der Waals surface area contributed by atoms with Crippen molar-refractivity contribution < 1.29 is 4.79 Å². The predicted octanol–water partition coefficient (Wildman–Crippen LogP) is 3.24. The molecule has 0 fully saturated rings. The van der Waals surface area contributed by atoms with Gasteiger partial charge in [-0.15, -0.1) is 0 Å². The molecule has 0 bridgehead atoms. The topological polar surface area (TPSA) is 30.0 Å². The Hall–Kier alpha value is -1.96. The van der Waals surface area contributed by atoms with Gasteiger partial charge >= 0.3 is 0 Å². The zero-order chi connectivity index (χ0) is 12.4. The zero-order valence-corrected chi connectivity index (χ0v) is 10.3. The molecule has 17 heavy (non-hydrogen) atoms. The van der Waals surface area contributed by atoms with Crippen LogP contribution >= 0.6 is 0 Å². The molecular weight excluding hydrogens is 210 g/mol. The lowest BCUT2D eigenvalue weighted by atomic mass is 10.0. The lowest BCUT2D eigenvalue weighted by molar-refractivity contribution is 0.103. The van der Waals surface area contributed by atoms with Crippen LogP contribution in [0.25, 0.3) is 0 Å². The van der Waals surface area contributed by atoms with Gasteiger partial charge in [0.25, 0.3) is 0 Å². The number of benzene rings is 1. The summed E-state index contributed by atoms with van der Waals surface area (Å²) >= 11 is 0. The SMILES string of the molecule is Cc1ccc(C(=O)c2cc(C)cc(C)c2)nc1. The molecular formula is C15H15NO. The summed E-state index contributed by atoms with van der Waals surface area (Å²) in [6.07, 6.45) is 1.72. The summed E-state index contributed by atoms with van der Waals surface area (Å²) in [5, 5.41) is 0. The number of hydrogen-bond donors (Lipinski definition) is 0. The van der Waals surface area contributed by atoms with E-state index < -0.39 is 0 Å². The van der Waals surface area contributed by atoms with Crippen molar-refractivity contribution in [3.63, 3.8) is 0 Å². The van der Waals surface area contributed by atoms with Gasteiger partial charge in [0.15, 0.2) is 0 Å². The van der Waals surface area contributed by atoms with Crippen molar-refractivity contribution in [2.45, 2.75) is 20.8 Å². The van der Waals surface area contributed by atoms with Crippen molar-refractivity contribution >= 4 is 5.78 Å². The molecule has 1 heterocycles. The van der Waals surface area contributed by atoms with Gasteiger partial charge in [0.2, 0.25) is 5.78 Å². The van der Waals surface area contributed by atoms with Crippen molar-refractivity contribution in [3.8, 4) is 0 Å². The van der Waals surface area contributed by atoms with E-state index >= 15 is 0 Å². The smallest absolute Gasteiger partial charge is 0.211 e. The monoisotopic (exact) mass is 225 g/mol. The quantitative estimate of drug-likeness (QED) is 0.734. The molecule has 2 aromatic rings. The molecule has 0 atom stereocenters. The number of nitrogens with zero attached hydrogens (tertiary/aromatic N) is 1. The van der Waals surface area contributed by atoms with E-state index in [0.29, 0.717) is 11.3 Å². The molecule has 2 heteroatoms. The molecule has 0 saturated heterocycles. The fraction of sp³-hybridized carbons (Fsp3) is 0.200. The van der Waals surface area contributed by atoms with E-state index in [1.54, 1.807) is 12.3 Å². The Morgan fingerprint density at radius 1 is 0.941 bits per heavy atom. The van der Waals surface area contributed by atoms with Crippen LogP contribution in [0.1, 0.15) is 32.7 Å². The van der Waals surface area contributed by atoms with Crippen molar-refractivity contribution in [2.24, 2.45) is 0 Å². The second-order valence-electron chi connectivity index (χ2n) is 4.43. The Labute approximate surface area is 101 Å². The van der Waals surface area contributed by atoms with Gasteiger partial charge in [0, 0.05) is 11.8 Å². The molecule has 0 spiro atoms. The van der Waals surface area contributed by atoms with Crippen molar-refractivity contribution in [1.82, 2.24) is 4.98 Å². The summed E-state index contributed by atoms with van der Waals surface area (Å²) in [4.78, 5) is 16.4. The van der Waals surface area contributed by atoms with E-state index in [1.165, 1.54) is 0 Å². The average Bonchev–Trinajstić information content (AvgIpc) is 2.28. The Kier molecular flexibility index (Phi) is 3.05. The van der Waals surface area contributed by atoms with Gasteiger partial charge in [-0.05, 0) is 44.5 Å². The third-order valence-electron chi connectivity index (χ3n) is 2.63. The number of carbonyl (C=O) groups is 1. The second-order valence-corrected chi connectivity index (χ2v) is 4.43. The molecule has 1 aromatic carbocycles. The highest BCUT2D eigenvalue weighted by Gasteiger charge is 2.10. The minimum absolute atomic E-state index is 0.0169. The lowest BCUT2D eigenvalue weighted by Gasteiger charge is -2.04. The molecule has 0 aliphatic rings. The first-order chi connectivity index (χ1) is 8.06. The highest BCUT2D eigenvalue weighted by atomic mass is 16.1. The van der Waals surface area contributed by atoms with Gasteiger partial charge in [-0.1, -0.05) is 23.3 Å². The standard InChI is InChI=1S/C15H15NO/c1-10-4-5-14(16-9-10)15(17)13-7-11(2)6-12(3)8-13/h4-9H,1-3H3. The largest absolute Gasteiger partial charge is 0.287 e. The van der Waals surface area contributed by atoms with Crippen LogP contribution in [0.3, 0.4) is 0 Å². The first-order valence-corrected chi connectivity index (χ1v) is 5.62. The minimum atomic E-state index is -0.0169. The van der Waals surface area contributed by atoms with Gasteiger partial charge in [0.05, 0.1) is 0 Å². The number of rotatable bonds is 2. The average molecular weight is 225 g/mol. The van der Waals surface area contributed by atoms with Gasteiger partial charge in [-0.3, -0.25) is 9.78 Å². The molecule has 2 nitrogen and oxygen atoms in total. The lowest BCUT2D eigenvalue weighted by Crippen LogP contribution is -2.04. The number of aryl methyl sites for hydroxylation is 3. The van der Waals surface area contributed by atoms with Crippen LogP contribution in [0.2, 0.25) is 0 Å². The highest BCUT2D eigenvalue weighted by Crippen LogP contribution is 2.13. The Morgan fingerprint density at radius 2 is 1.59 bits per heavy atom. The summed E-state index contributed by atoms with van der Waals surface area (Å²) < 4.78 is 0. The van der Waals surface area contributed by atoms with E-state index in [9.17, 15) is 4.79 Å². The molecule has 0 radical (unpaired) electrons. The van der Waals surface area contributed by atoms with Gasteiger partial charge < -0.3 is 0 Å². The normalized spacial score (nSPS) is 10.3. The van der Waals surface area contributed by atoms with Crippen molar-refractivity contribution in [2.75, 3.05) is 0 Å². The van der Waals surface area contributed by atoms with E-state index in [0.717, 1.165) is 16.7 Å². The van der Waals surface area contributed by atoms with Crippen LogP contribution in [0, 0.1) is 20.8 Å². The van der Waals surface area contributed by atoms with Crippen molar-refractivity contribution in [1.29, 1.82) is 0 Å². The predicted molar refractivity (Wildman–Crippen MR) is 68.3 cm³/mol. The highest BCUT2D eigenvalue weighted by molar-refractivity contribution is 6.07. The molecule has 86 valence electrons. The van der Waals surface area contributed by atoms with Gasteiger partial charge in [-0.2, -0.15) is 0 Å². The molecule has 0 N–H and O–H groups in total. The van der Waals surface area contributed by atoms with Gasteiger partial charge in [0.1, 0.15) is 5.69 Å².